The molecule has 0 fully saturated rings. The lowest BCUT2D eigenvalue weighted by Crippen LogP contribution is -2.37. The zero-order valence-electron chi connectivity index (χ0n) is 15.2. The summed E-state index contributed by atoms with van der Waals surface area (Å²) in [6, 6.07) is 5.76. The highest BCUT2D eigenvalue weighted by molar-refractivity contribution is 14.0. The van der Waals surface area contributed by atoms with Crippen molar-refractivity contribution in [2.45, 2.75) is 19.5 Å². The van der Waals surface area contributed by atoms with Crippen LogP contribution in [0.25, 0.3) is 0 Å². The second kappa shape index (κ2) is 13.3. The molecule has 0 saturated carbocycles. The van der Waals surface area contributed by atoms with E-state index in [1.54, 1.807) is 26.6 Å². The fourth-order valence-corrected chi connectivity index (χ4v) is 2.12. The molecule has 2 aromatic heterocycles. The van der Waals surface area contributed by atoms with Gasteiger partial charge in [0.1, 0.15) is 6.61 Å². The molecule has 0 amide bonds. The zero-order valence-corrected chi connectivity index (χ0v) is 17.6. The van der Waals surface area contributed by atoms with Crippen molar-refractivity contribution >= 4 is 29.9 Å². The van der Waals surface area contributed by atoms with Crippen LogP contribution in [0.1, 0.15) is 12.0 Å². The number of rotatable bonds is 10. The Balaban J connectivity index is 0.00000338. The van der Waals surface area contributed by atoms with Gasteiger partial charge in [0.15, 0.2) is 5.96 Å². The van der Waals surface area contributed by atoms with Gasteiger partial charge in [-0.1, -0.05) is 6.07 Å². The topological polar surface area (TPSA) is 85.6 Å². The third-order valence-corrected chi connectivity index (χ3v) is 3.43. The summed E-state index contributed by atoms with van der Waals surface area (Å²) in [6.07, 6.45) is 6.51. The highest BCUT2D eigenvalue weighted by Gasteiger charge is 2.00. The fraction of sp³-hybridized carbons (Fsp3) is 0.471. The van der Waals surface area contributed by atoms with Gasteiger partial charge in [-0.2, -0.15) is 5.10 Å². The van der Waals surface area contributed by atoms with Crippen LogP contribution in [-0.4, -0.2) is 54.6 Å². The minimum atomic E-state index is 0. The molecule has 2 aromatic rings. The number of methoxy groups -OCH3 is 1. The maximum Gasteiger partial charge on any atom is 0.213 e. The second-order valence-corrected chi connectivity index (χ2v) is 5.32. The Bertz CT molecular complexity index is 619. The van der Waals surface area contributed by atoms with E-state index in [0.717, 1.165) is 31.0 Å². The summed E-state index contributed by atoms with van der Waals surface area (Å²) in [4.78, 5) is 8.49. The van der Waals surface area contributed by atoms with Crippen molar-refractivity contribution in [3.8, 4) is 5.88 Å². The molecule has 0 radical (unpaired) electrons. The predicted octanol–water partition coefficient (Wildman–Crippen LogP) is 1.68. The van der Waals surface area contributed by atoms with Crippen molar-refractivity contribution in [2.75, 3.05) is 33.9 Å². The Labute approximate surface area is 171 Å². The number of pyridine rings is 1. The van der Waals surface area contributed by atoms with Crippen LogP contribution in [0.4, 0.5) is 0 Å². The molecule has 0 aliphatic carbocycles. The first-order chi connectivity index (χ1) is 12.3. The Kier molecular flexibility index (Phi) is 11.4. The lowest BCUT2D eigenvalue weighted by Gasteiger charge is -2.12. The monoisotopic (exact) mass is 474 g/mol. The third kappa shape index (κ3) is 8.48. The summed E-state index contributed by atoms with van der Waals surface area (Å²) in [6.45, 7) is 3.39. The van der Waals surface area contributed by atoms with E-state index in [2.05, 4.69) is 25.7 Å². The number of halogens is 1. The molecule has 2 heterocycles. The van der Waals surface area contributed by atoms with E-state index in [1.165, 1.54) is 0 Å². The number of nitrogens with one attached hydrogen (secondary N) is 2. The van der Waals surface area contributed by atoms with Crippen LogP contribution in [0.2, 0.25) is 0 Å². The fourth-order valence-electron chi connectivity index (χ4n) is 2.12. The van der Waals surface area contributed by atoms with Gasteiger partial charge in [-0.3, -0.25) is 9.67 Å². The third-order valence-electron chi connectivity index (χ3n) is 3.43. The van der Waals surface area contributed by atoms with Gasteiger partial charge in [0, 0.05) is 58.4 Å². The van der Waals surface area contributed by atoms with Crippen molar-refractivity contribution in [3.05, 3.63) is 42.4 Å². The Morgan fingerprint density at radius 3 is 2.81 bits per heavy atom. The Morgan fingerprint density at radius 2 is 2.15 bits per heavy atom. The van der Waals surface area contributed by atoms with Crippen LogP contribution in [0.15, 0.2) is 41.8 Å². The molecule has 0 unspecified atom stereocenters. The zero-order chi connectivity index (χ0) is 17.7. The molecule has 2 N–H and O–H groups in total. The predicted molar refractivity (Wildman–Crippen MR) is 112 cm³/mol. The first kappa shape index (κ1) is 22.2. The summed E-state index contributed by atoms with van der Waals surface area (Å²) in [7, 11) is 3.40. The smallest absolute Gasteiger partial charge is 0.213 e. The number of aromatic nitrogens is 3. The molecule has 9 heteroatoms. The second-order valence-electron chi connectivity index (χ2n) is 5.32. The van der Waals surface area contributed by atoms with Gasteiger partial charge in [0.2, 0.25) is 5.88 Å². The standard InChI is InChI=1S/C17H26N6O2.HI/c1-18-17(19-7-3-9-23-10-4-8-22-23)21-14-15-5-6-16(20-13-15)25-12-11-24-2;/h4-6,8,10,13H,3,7,9,11-12,14H2,1-2H3,(H2,18,19,21);1H. The van der Waals surface area contributed by atoms with Crippen LogP contribution in [0, 0.1) is 0 Å². The number of guanidine groups is 1. The molecule has 0 saturated heterocycles. The Hall–Kier alpha value is -1.88. The number of nitrogens with zero attached hydrogens (tertiary/aromatic N) is 4. The number of ether oxygens (including phenoxy) is 2. The largest absolute Gasteiger partial charge is 0.475 e. The van der Waals surface area contributed by atoms with Gasteiger partial charge in [-0.15, -0.1) is 24.0 Å². The quantitative estimate of drug-likeness (QED) is 0.236. The van der Waals surface area contributed by atoms with E-state index in [9.17, 15) is 0 Å². The molecule has 144 valence electrons. The van der Waals surface area contributed by atoms with Crippen LogP contribution in [0.3, 0.4) is 0 Å². The summed E-state index contributed by atoms with van der Waals surface area (Å²) < 4.78 is 12.3. The molecular weight excluding hydrogens is 447 g/mol. The van der Waals surface area contributed by atoms with Crippen molar-refractivity contribution in [2.24, 2.45) is 4.99 Å². The van der Waals surface area contributed by atoms with Crippen molar-refractivity contribution in [3.63, 3.8) is 0 Å². The first-order valence-electron chi connectivity index (χ1n) is 8.30. The van der Waals surface area contributed by atoms with E-state index in [0.29, 0.717) is 25.6 Å². The lowest BCUT2D eigenvalue weighted by atomic mass is 10.3. The van der Waals surface area contributed by atoms with Crippen LogP contribution < -0.4 is 15.4 Å². The summed E-state index contributed by atoms with van der Waals surface area (Å²) in [5.74, 6) is 1.36. The summed E-state index contributed by atoms with van der Waals surface area (Å²) >= 11 is 0. The van der Waals surface area contributed by atoms with Crippen molar-refractivity contribution in [1.29, 1.82) is 0 Å². The number of aryl methyl sites for hydroxylation is 1. The van der Waals surface area contributed by atoms with Crippen LogP contribution >= 0.6 is 24.0 Å². The van der Waals surface area contributed by atoms with Gasteiger partial charge >= 0.3 is 0 Å². The minimum Gasteiger partial charge on any atom is -0.475 e. The molecule has 0 aliphatic heterocycles. The molecular formula is C17H27IN6O2. The van der Waals surface area contributed by atoms with Gasteiger partial charge in [-0.05, 0) is 18.1 Å². The van der Waals surface area contributed by atoms with Gasteiger partial charge < -0.3 is 20.1 Å². The number of hydrogen-bond donors (Lipinski definition) is 2. The van der Waals surface area contributed by atoms with Gasteiger partial charge in [-0.25, -0.2) is 4.98 Å². The highest BCUT2D eigenvalue weighted by atomic mass is 127. The molecule has 8 nitrogen and oxygen atoms in total. The van der Waals surface area contributed by atoms with E-state index in [1.807, 2.05) is 29.1 Å². The molecule has 26 heavy (non-hydrogen) atoms. The van der Waals surface area contributed by atoms with Crippen LogP contribution in [0.5, 0.6) is 5.88 Å². The maximum absolute atomic E-state index is 5.44. The normalized spacial score (nSPS) is 10.9. The highest BCUT2D eigenvalue weighted by Crippen LogP contribution is 2.07. The summed E-state index contributed by atoms with van der Waals surface area (Å²) in [5.41, 5.74) is 1.05. The average Bonchev–Trinajstić information content (AvgIpc) is 3.16. The summed E-state index contributed by atoms with van der Waals surface area (Å²) in [5, 5.41) is 10.7. The van der Waals surface area contributed by atoms with Gasteiger partial charge in [0.25, 0.3) is 0 Å². The molecule has 0 bridgehead atoms. The van der Waals surface area contributed by atoms with Gasteiger partial charge in [0.05, 0.1) is 6.61 Å². The maximum atomic E-state index is 5.44. The number of hydrogen-bond acceptors (Lipinski definition) is 5. The molecule has 0 spiro atoms. The van der Waals surface area contributed by atoms with E-state index < -0.39 is 0 Å². The van der Waals surface area contributed by atoms with Crippen molar-refractivity contribution in [1.82, 2.24) is 25.4 Å². The molecule has 0 aliphatic rings. The van der Waals surface area contributed by atoms with E-state index >= 15 is 0 Å². The molecule has 0 aromatic carbocycles. The first-order valence-corrected chi connectivity index (χ1v) is 8.30. The SMILES string of the molecule is CN=C(NCCCn1cccn1)NCc1ccc(OCCOC)nc1.I. The van der Waals surface area contributed by atoms with Crippen molar-refractivity contribution < 1.29 is 9.47 Å². The molecule has 2 rings (SSSR count). The number of aliphatic imine (C=N–C) groups is 1. The average molecular weight is 474 g/mol. The Morgan fingerprint density at radius 1 is 1.27 bits per heavy atom. The van der Waals surface area contributed by atoms with E-state index in [4.69, 9.17) is 9.47 Å². The van der Waals surface area contributed by atoms with E-state index in [-0.39, 0.29) is 24.0 Å². The molecule has 0 atom stereocenters. The van der Waals surface area contributed by atoms with Crippen LogP contribution in [-0.2, 0) is 17.8 Å². The lowest BCUT2D eigenvalue weighted by molar-refractivity contribution is 0.143. The minimum absolute atomic E-state index is 0.